The van der Waals surface area contributed by atoms with Gasteiger partial charge in [-0.2, -0.15) is 11.8 Å². The highest BCUT2D eigenvalue weighted by Crippen LogP contribution is 2.24. The second-order valence-electron chi connectivity index (χ2n) is 9.77. The molecule has 8 heteroatoms. The van der Waals surface area contributed by atoms with E-state index in [1.165, 1.54) is 4.90 Å². The molecular formula is C27H43N3O4S. The van der Waals surface area contributed by atoms with Crippen LogP contribution in [0.4, 0.5) is 4.79 Å². The maximum absolute atomic E-state index is 13.9. The van der Waals surface area contributed by atoms with Crippen LogP contribution in [0.3, 0.4) is 0 Å². The molecular weight excluding hydrogens is 462 g/mol. The van der Waals surface area contributed by atoms with E-state index >= 15 is 0 Å². The van der Waals surface area contributed by atoms with Gasteiger partial charge in [0.1, 0.15) is 17.7 Å². The fourth-order valence-corrected chi connectivity index (χ4v) is 4.12. The summed E-state index contributed by atoms with van der Waals surface area (Å²) in [7, 11) is 0. The van der Waals surface area contributed by atoms with E-state index in [2.05, 4.69) is 24.1 Å². The van der Waals surface area contributed by atoms with E-state index in [9.17, 15) is 14.4 Å². The summed E-state index contributed by atoms with van der Waals surface area (Å²) in [5, 5.41) is 5.79. The molecule has 0 heterocycles. The summed E-state index contributed by atoms with van der Waals surface area (Å²) in [6, 6.07) is 5.84. The Bertz CT molecular complexity index is 836. The summed E-state index contributed by atoms with van der Waals surface area (Å²) in [5.74, 6) is 0.0443. The average Bonchev–Trinajstić information content (AvgIpc) is 2.76. The van der Waals surface area contributed by atoms with Crippen LogP contribution in [0.2, 0.25) is 0 Å². The molecule has 0 aliphatic heterocycles. The highest BCUT2D eigenvalue weighted by atomic mass is 32.2. The van der Waals surface area contributed by atoms with Crippen LogP contribution >= 0.6 is 11.8 Å². The van der Waals surface area contributed by atoms with Gasteiger partial charge in [0, 0.05) is 12.6 Å². The number of carbonyl (C=O) groups excluding carboxylic acids is 3. The third-order valence-electron chi connectivity index (χ3n) is 5.27. The number of rotatable bonds is 13. The van der Waals surface area contributed by atoms with Gasteiger partial charge in [-0.15, -0.1) is 6.58 Å². The summed E-state index contributed by atoms with van der Waals surface area (Å²) in [6.07, 6.45) is 5.04. The minimum absolute atomic E-state index is 0.0340. The number of thioether (sulfide) groups is 1. The minimum atomic E-state index is -0.863. The van der Waals surface area contributed by atoms with Gasteiger partial charge >= 0.3 is 6.09 Å². The van der Waals surface area contributed by atoms with Gasteiger partial charge < -0.3 is 20.3 Å². The number of hydrogen-bond donors (Lipinski definition) is 2. The van der Waals surface area contributed by atoms with Gasteiger partial charge in [-0.25, -0.2) is 4.79 Å². The molecule has 2 N–H and O–H groups in total. The Morgan fingerprint density at radius 1 is 1.14 bits per heavy atom. The highest BCUT2D eigenvalue weighted by molar-refractivity contribution is 7.98. The van der Waals surface area contributed by atoms with Crippen molar-refractivity contribution in [1.29, 1.82) is 0 Å². The van der Waals surface area contributed by atoms with Gasteiger partial charge in [0.05, 0.1) is 0 Å². The van der Waals surface area contributed by atoms with Crippen molar-refractivity contribution in [2.45, 2.75) is 84.5 Å². The Kier molecular flexibility index (Phi) is 12.9. The zero-order valence-corrected chi connectivity index (χ0v) is 23.2. The Labute approximate surface area is 215 Å². The molecule has 0 aliphatic rings. The van der Waals surface area contributed by atoms with Crippen molar-refractivity contribution in [2.24, 2.45) is 0 Å². The number of alkyl carbamates (subject to hydrolysis) is 1. The van der Waals surface area contributed by atoms with Gasteiger partial charge in [-0.05, 0) is 65.0 Å². The molecule has 7 nitrogen and oxygen atoms in total. The maximum Gasteiger partial charge on any atom is 0.408 e. The van der Waals surface area contributed by atoms with E-state index in [-0.39, 0.29) is 24.4 Å². The molecule has 196 valence electrons. The SMILES string of the molecule is C=CCN(C(=O)C(CCSC)NC(=O)OC(C)(C)C)C(C(=O)NC(C)CCC)c1ccc(C)cc1. The van der Waals surface area contributed by atoms with Crippen LogP contribution in [0.25, 0.3) is 0 Å². The second kappa shape index (κ2) is 14.8. The van der Waals surface area contributed by atoms with Crippen molar-refractivity contribution in [3.8, 4) is 0 Å². The van der Waals surface area contributed by atoms with E-state index in [4.69, 9.17) is 4.74 Å². The predicted octanol–water partition coefficient (Wildman–Crippen LogP) is 5.00. The third kappa shape index (κ3) is 10.8. The first-order valence-corrected chi connectivity index (χ1v) is 13.6. The fourth-order valence-electron chi connectivity index (χ4n) is 3.65. The van der Waals surface area contributed by atoms with Crippen LogP contribution in [0, 0.1) is 6.92 Å². The van der Waals surface area contributed by atoms with Crippen LogP contribution in [0.5, 0.6) is 0 Å². The van der Waals surface area contributed by atoms with Gasteiger partial charge in [-0.1, -0.05) is 49.2 Å². The average molecular weight is 506 g/mol. The Morgan fingerprint density at radius 2 is 1.77 bits per heavy atom. The number of nitrogens with zero attached hydrogens (tertiary/aromatic N) is 1. The smallest absolute Gasteiger partial charge is 0.408 e. The quantitative estimate of drug-likeness (QED) is 0.368. The Hall–Kier alpha value is -2.48. The van der Waals surface area contributed by atoms with Crippen molar-refractivity contribution < 1.29 is 19.1 Å². The number of ether oxygens (including phenoxy) is 1. The molecule has 0 fully saturated rings. The van der Waals surface area contributed by atoms with Crippen LogP contribution in [-0.2, 0) is 14.3 Å². The molecule has 0 radical (unpaired) electrons. The van der Waals surface area contributed by atoms with Crippen molar-refractivity contribution >= 4 is 29.7 Å². The summed E-state index contributed by atoms with van der Waals surface area (Å²) >= 11 is 1.58. The fraction of sp³-hybridized carbons (Fsp3) is 0.593. The van der Waals surface area contributed by atoms with Crippen molar-refractivity contribution in [3.05, 3.63) is 48.0 Å². The molecule has 0 aromatic heterocycles. The lowest BCUT2D eigenvalue weighted by Crippen LogP contribution is -2.53. The van der Waals surface area contributed by atoms with E-state index < -0.39 is 23.8 Å². The lowest BCUT2D eigenvalue weighted by Gasteiger charge is -2.34. The number of hydrogen-bond acceptors (Lipinski definition) is 5. The zero-order chi connectivity index (χ0) is 26.6. The lowest BCUT2D eigenvalue weighted by atomic mass is 10.0. The molecule has 1 rings (SSSR count). The molecule has 0 bridgehead atoms. The summed E-state index contributed by atoms with van der Waals surface area (Å²) < 4.78 is 5.40. The number of amides is 3. The molecule has 35 heavy (non-hydrogen) atoms. The van der Waals surface area contributed by atoms with E-state index in [1.807, 2.05) is 44.4 Å². The summed E-state index contributed by atoms with van der Waals surface area (Å²) in [5.41, 5.74) is 1.06. The van der Waals surface area contributed by atoms with Gasteiger partial charge in [0.15, 0.2) is 0 Å². The number of nitrogens with one attached hydrogen (secondary N) is 2. The summed E-state index contributed by atoms with van der Waals surface area (Å²) in [4.78, 5) is 41.4. The minimum Gasteiger partial charge on any atom is -0.444 e. The number of aryl methyl sites for hydroxylation is 1. The van der Waals surface area contributed by atoms with Gasteiger partial charge in [0.2, 0.25) is 11.8 Å². The van der Waals surface area contributed by atoms with Gasteiger partial charge in [0.25, 0.3) is 0 Å². The molecule has 3 unspecified atom stereocenters. The predicted molar refractivity (Wildman–Crippen MR) is 144 cm³/mol. The second-order valence-corrected chi connectivity index (χ2v) is 10.8. The molecule has 3 atom stereocenters. The van der Waals surface area contributed by atoms with Gasteiger partial charge in [-0.3, -0.25) is 9.59 Å². The standard InChI is InChI=1S/C27H43N3O4S/c1-9-11-20(4)28-24(31)23(21-14-12-19(3)13-15-21)30(17-10-2)25(32)22(16-18-35-8)29-26(33)34-27(5,6)7/h10,12-15,20,22-23H,2,9,11,16-18H2,1,3-8H3,(H,28,31)(H,29,33). The summed E-state index contributed by atoms with van der Waals surface area (Å²) in [6.45, 7) is 15.3. The monoisotopic (exact) mass is 505 g/mol. The van der Waals surface area contributed by atoms with E-state index in [0.717, 1.165) is 18.4 Å². The molecule has 0 saturated carbocycles. The molecule has 0 saturated heterocycles. The van der Waals surface area contributed by atoms with Crippen molar-refractivity contribution in [3.63, 3.8) is 0 Å². The van der Waals surface area contributed by atoms with Crippen LogP contribution in [0.1, 0.15) is 71.0 Å². The largest absolute Gasteiger partial charge is 0.444 e. The lowest BCUT2D eigenvalue weighted by molar-refractivity contribution is -0.142. The first-order chi connectivity index (χ1) is 16.4. The molecule has 1 aromatic rings. The topological polar surface area (TPSA) is 87.7 Å². The number of carbonyl (C=O) groups is 3. The maximum atomic E-state index is 13.9. The molecule has 1 aromatic carbocycles. The zero-order valence-electron chi connectivity index (χ0n) is 22.3. The van der Waals surface area contributed by atoms with Crippen molar-refractivity contribution in [2.75, 3.05) is 18.6 Å². The normalized spacial score (nSPS) is 13.8. The highest BCUT2D eigenvalue weighted by Gasteiger charge is 2.36. The molecule has 0 spiro atoms. The first-order valence-electron chi connectivity index (χ1n) is 12.2. The van der Waals surface area contributed by atoms with Crippen LogP contribution < -0.4 is 10.6 Å². The Balaban J connectivity index is 3.38. The number of benzene rings is 1. The first kappa shape index (κ1) is 30.6. The van der Waals surface area contributed by atoms with E-state index in [0.29, 0.717) is 17.7 Å². The third-order valence-corrected chi connectivity index (χ3v) is 5.92. The molecule has 0 aliphatic carbocycles. The van der Waals surface area contributed by atoms with Crippen LogP contribution in [-0.4, -0.2) is 59.0 Å². The van der Waals surface area contributed by atoms with Crippen molar-refractivity contribution in [1.82, 2.24) is 15.5 Å². The Morgan fingerprint density at radius 3 is 2.29 bits per heavy atom. The molecule has 3 amide bonds. The van der Waals surface area contributed by atoms with Crippen LogP contribution in [0.15, 0.2) is 36.9 Å². The van der Waals surface area contributed by atoms with E-state index in [1.54, 1.807) is 38.6 Å².